The van der Waals surface area contributed by atoms with Crippen molar-refractivity contribution in [1.29, 1.82) is 0 Å². The molecule has 1 heterocycles. The van der Waals surface area contributed by atoms with Gasteiger partial charge in [0.2, 0.25) is 5.91 Å². The first-order valence-electron chi connectivity index (χ1n) is 7.21. The number of carboxylic acid groups (broad SMARTS) is 1. The van der Waals surface area contributed by atoms with Crippen LogP contribution >= 0.6 is 0 Å². The monoisotopic (exact) mass is 273 g/mol. The van der Waals surface area contributed by atoms with Gasteiger partial charge in [0, 0.05) is 13.1 Å². The Morgan fingerprint density at radius 2 is 1.90 bits per heavy atom. The maximum Gasteiger partial charge on any atom is 0.308 e. The van der Waals surface area contributed by atoms with Crippen molar-refractivity contribution in [3.8, 4) is 0 Å². The summed E-state index contributed by atoms with van der Waals surface area (Å²) in [6, 6.07) is 9.87. The van der Waals surface area contributed by atoms with Crippen LogP contribution in [-0.4, -0.2) is 35.0 Å². The predicted octanol–water partition coefficient (Wildman–Crippen LogP) is 2.04. The molecule has 0 aromatic heterocycles. The molecule has 3 rings (SSSR count). The fourth-order valence-corrected chi connectivity index (χ4v) is 3.17. The minimum atomic E-state index is -0.785. The molecule has 1 aromatic carbocycles. The smallest absolute Gasteiger partial charge is 0.308 e. The quantitative estimate of drug-likeness (QED) is 0.917. The van der Waals surface area contributed by atoms with Gasteiger partial charge in [-0.25, -0.2) is 0 Å². The molecule has 0 spiro atoms. The van der Waals surface area contributed by atoms with Gasteiger partial charge < -0.3 is 10.0 Å². The van der Waals surface area contributed by atoms with Crippen LogP contribution in [0.4, 0.5) is 0 Å². The molecule has 2 fully saturated rings. The van der Waals surface area contributed by atoms with Gasteiger partial charge in [0.15, 0.2) is 0 Å². The molecule has 20 heavy (non-hydrogen) atoms. The standard InChI is InChI=1S/C16H19NO3/c18-14(19)12-5-4-10-17(11-12)15(20)16(8-9-16)13-6-2-1-3-7-13/h1-3,6-7,12H,4-5,8-11H2,(H,18,19)/t12-/m0/s1. The zero-order chi connectivity index (χ0) is 14.2. The molecule has 1 N–H and O–H groups in total. The number of piperidine rings is 1. The molecule has 4 heteroatoms. The Morgan fingerprint density at radius 3 is 2.50 bits per heavy atom. The number of carboxylic acids is 1. The maximum atomic E-state index is 12.8. The summed E-state index contributed by atoms with van der Waals surface area (Å²) in [6.45, 7) is 1.06. The number of likely N-dealkylation sites (tertiary alicyclic amines) is 1. The maximum absolute atomic E-state index is 12.8. The van der Waals surface area contributed by atoms with Crippen LogP contribution in [0.15, 0.2) is 30.3 Å². The van der Waals surface area contributed by atoms with Gasteiger partial charge in [-0.2, -0.15) is 0 Å². The number of hydrogen-bond acceptors (Lipinski definition) is 2. The van der Waals surface area contributed by atoms with Crippen LogP contribution in [0.25, 0.3) is 0 Å². The molecule has 0 unspecified atom stereocenters. The molecule has 1 saturated carbocycles. The second-order valence-electron chi connectivity index (χ2n) is 5.88. The van der Waals surface area contributed by atoms with Gasteiger partial charge in [-0.3, -0.25) is 9.59 Å². The average Bonchev–Trinajstić information content (AvgIpc) is 3.29. The van der Waals surface area contributed by atoms with E-state index in [-0.39, 0.29) is 11.3 Å². The number of benzene rings is 1. The highest BCUT2D eigenvalue weighted by atomic mass is 16.4. The van der Waals surface area contributed by atoms with Crippen molar-refractivity contribution >= 4 is 11.9 Å². The molecule has 0 radical (unpaired) electrons. The molecule has 1 saturated heterocycles. The van der Waals surface area contributed by atoms with Gasteiger partial charge in [0.25, 0.3) is 0 Å². The van der Waals surface area contributed by atoms with E-state index in [1.165, 1.54) is 0 Å². The lowest BCUT2D eigenvalue weighted by molar-refractivity contribution is -0.146. The fourth-order valence-electron chi connectivity index (χ4n) is 3.17. The van der Waals surface area contributed by atoms with Gasteiger partial charge in [-0.05, 0) is 31.2 Å². The van der Waals surface area contributed by atoms with Gasteiger partial charge in [0.1, 0.15) is 0 Å². The molecule has 0 bridgehead atoms. The van der Waals surface area contributed by atoms with Crippen LogP contribution in [0.3, 0.4) is 0 Å². The third kappa shape index (κ3) is 2.19. The summed E-state index contributed by atoms with van der Waals surface area (Å²) in [5.74, 6) is -1.07. The summed E-state index contributed by atoms with van der Waals surface area (Å²) in [4.78, 5) is 25.7. The molecule has 1 atom stereocenters. The Kier molecular flexibility index (Phi) is 3.24. The lowest BCUT2D eigenvalue weighted by atomic mass is 9.91. The molecular weight excluding hydrogens is 254 g/mol. The second-order valence-corrected chi connectivity index (χ2v) is 5.88. The summed E-state index contributed by atoms with van der Waals surface area (Å²) >= 11 is 0. The molecule has 4 nitrogen and oxygen atoms in total. The van der Waals surface area contributed by atoms with Crippen LogP contribution in [0.1, 0.15) is 31.2 Å². The Balaban J connectivity index is 1.77. The first kappa shape index (κ1) is 13.2. The highest BCUT2D eigenvalue weighted by Gasteiger charge is 2.53. The Labute approximate surface area is 118 Å². The molecule has 1 amide bonds. The third-order valence-corrected chi connectivity index (χ3v) is 4.54. The minimum absolute atomic E-state index is 0.120. The van der Waals surface area contributed by atoms with E-state index in [9.17, 15) is 9.59 Å². The Morgan fingerprint density at radius 1 is 1.20 bits per heavy atom. The van der Waals surface area contributed by atoms with Crippen molar-refractivity contribution in [1.82, 2.24) is 4.90 Å². The van der Waals surface area contributed by atoms with Crippen molar-refractivity contribution in [2.45, 2.75) is 31.1 Å². The SMILES string of the molecule is O=C(O)[C@H]1CCCN(C(=O)C2(c3ccccc3)CC2)C1. The zero-order valence-electron chi connectivity index (χ0n) is 11.4. The Bertz CT molecular complexity index is 522. The molecular formula is C16H19NO3. The van der Waals surface area contributed by atoms with E-state index in [0.29, 0.717) is 19.5 Å². The van der Waals surface area contributed by atoms with Crippen LogP contribution in [0.2, 0.25) is 0 Å². The summed E-state index contributed by atoms with van der Waals surface area (Å²) in [6.07, 6.45) is 3.22. The van der Waals surface area contributed by atoms with Crippen molar-refractivity contribution in [2.24, 2.45) is 5.92 Å². The number of amides is 1. The number of nitrogens with zero attached hydrogens (tertiary/aromatic N) is 1. The van der Waals surface area contributed by atoms with E-state index in [1.807, 2.05) is 30.3 Å². The largest absolute Gasteiger partial charge is 0.481 e. The molecule has 1 aliphatic carbocycles. The molecule has 106 valence electrons. The predicted molar refractivity (Wildman–Crippen MR) is 74.3 cm³/mol. The molecule has 1 aromatic rings. The summed E-state index contributed by atoms with van der Waals surface area (Å²) < 4.78 is 0. The third-order valence-electron chi connectivity index (χ3n) is 4.54. The first-order chi connectivity index (χ1) is 9.63. The molecule has 2 aliphatic rings. The number of carbonyl (C=O) groups excluding carboxylic acids is 1. The lowest BCUT2D eigenvalue weighted by Crippen LogP contribution is -2.46. The van der Waals surface area contributed by atoms with E-state index in [1.54, 1.807) is 4.90 Å². The van der Waals surface area contributed by atoms with E-state index < -0.39 is 11.9 Å². The average molecular weight is 273 g/mol. The van der Waals surface area contributed by atoms with Crippen molar-refractivity contribution < 1.29 is 14.7 Å². The van der Waals surface area contributed by atoms with Gasteiger partial charge >= 0.3 is 5.97 Å². The normalized spacial score (nSPS) is 24.2. The van der Waals surface area contributed by atoms with Gasteiger partial charge in [-0.1, -0.05) is 30.3 Å². The topological polar surface area (TPSA) is 57.6 Å². The van der Waals surface area contributed by atoms with Crippen LogP contribution in [0.5, 0.6) is 0 Å². The zero-order valence-corrected chi connectivity index (χ0v) is 11.4. The summed E-state index contributed by atoms with van der Waals surface area (Å²) in [7, 11) is 0. The molecule has 1 aliphatic heterocycles. The van der Waals surface area contributed by atoms with Crippen molar-refractivity contribution in [3.63, 3.8) is 0 Å². The van der Waals surface area contributed by atoms with E-state index >= 15 is 0 Å². The van der Waals surface area contributed by atoms with Crippen LogP contribution < -0.4 is 0 Å². The van der Waals surface area contributed by atoms with Gasteiger partial charge in [0.05, 0.1) is 11.3 Å². The fraction of sp³-hybridized carbons (Fsp3) is 0.500. The Hall–Kier alpha value is -1.84. The highest BCUT2D eigenvalue weighted by molar-refractivity contribution is 5.91. The van der Waals surface area contributed by atoms with E-state index in [0.717, 1.165) is 24.8 Å². The van der Waals surface area contributed by atoms with Crippen molar-refractivity contribution in [3.05, 3.63) is 35.9 Å². The second kappa shape index (κ2) is 4.93. The lowest BCUT2D eigenvalue weighted by Gasteiger charge is -2.33. The van der Waals surface area contributed by atoms with Crippen molar-refractivity contribution in [2.75, 3.05) is 13.1 Å². The number of carbonyl (C=O) groups is 2. The van der Waals surface area contributed by atoms with E-state index in [4.69, 9.17) is 5.11 Å². The first-order valence-corrected chi connectivity index (χ1v) is 7.21. The number of rotatable bonds is 3. The van der Waals surface area contributed by atoms with Crippen LogP contribution in [0, 0.1) is 5.92 Å². The summed E-state index contributed by atoms with van der Waals surface area (Å²) in [5, 5.41) is 9.14. The minimum Gasteiger partial charge on any atom is -0.481 e. The van der Waals surface area contributed by atoms with E-state index in [2.05, 4.69) is 0 Å². The highest BCUT2D eigenvalue weighted by Crippen LogP contribution is 2.49. The number of aliphatic carboxylic acids is 1. The van der Waals surface area contributed by atoms with Gasteiger partial charge in [-0.15, -0.1) is 0 Å². The summed E-state index contributed by atoms with van der Waals surface area (Å²) in [5.41, 5.74) is 0.698. The number of hydrogen-bond donors (Lipinski definition) is 1. The van der Waals surface area contributed by atoms with Crippen LogP contribution in [-0.2, 0) is 15.0 Å².